The lowest BCUT2D eigenvalue weighted by molar-refractivity contribution is 0.0365. The molecule has 0 saturated carbocycles. The van der Waals surface area contributed by atoms with Crippen LogP contribution in [-0.4, -0.2) is 62.3 Å². The Kier molecular flexibility index (Phi) is 10.4. The third kappa shape index (κ3) is 8.23. The monoisotopic (exact) mass is 517 g/mol. The summed E-state index contributed by atoms with van der Waals surface area (Å²) in [7, 11) is 1.64. The maximum absolute atomic E-state index is 13.4. The number of benzene rings is 3. The number of aryl methyl sites for hydroxylation is 1. The molecule has 3 aromatic rings. The number of rotatable bonds is 12. The van der Waals surface area contributed by atoms with E-state index in [1.165, 1.54) is 5.56 Å². The van der Waals surface area contributed by atoms with Crippen LogP contribution in [0.25, 0.3) is 0 Å². The van der Waals surface area contributed by atoms with Crippen molar-refractivity contribution in [3.63, 3.8) is 0 Å². The number of ether oxygens (including phenoxy) is 3. The van der Waals surface area contributed by atoms with E-state index in [-0.39, 0.29) is 6.03 Å². The highest BCUT2D eigenvalue weighted by molar-refractivity contribution is 5.89. The molecule has 0 aromatic heterocycles. The predicted molar refractivity (Wildman–Crippen MR) is 151 cm³/mol. The molecule has 0 unspecified atom stereocenters. The molecule has 4 rings (SSSR count). The van der Waals surface area contributed by atoms with Crippen molar-refractivity contribution >= 4 is 11.7 Å². The summed E-state index contributed by atoms with van der Waals surface area (Å²) < 4.78 is 17.1. The fraction of sp³-hybridized carbons (Fsp3) is 0.387. The summed E-state index contributed by atoms with van der Waals surface area (Å²) in [6, 6.07) is 23.8. The number of urea groups is 1. The summed E-state index contributed by atoms with van der Waals surface area (Å²) >= 11 is 0. The van der Waals surface area contributed by atoms with E-state index in [1.54, 1.807) is 7.11 Å². The first kappa shape index (κ1) is 27.5. The minimum Gasteiger partial charge on any atom is -0.493 e. The largest absolute Gasteiger partial charge is 0.493 e. The topological polar surface area (TPSA) is 63.3 Å². The van der Waals surface area contributed by atoms with E-state index in [9.17, 15) is 4.79 Å². The number of amides is 2. The molecular formula is C31H39N3O4. The molecule has 202 valence electrons. The van der Waals surface area contributed by atoms with E-state index in [1.807, 2.05) is 65.6 Å². The zero-order chi connectivity index (χ0) is 26.6. The van der Waals surface area contributed by atoms with Crippen LogP contribution in [0, 0.1) is 0 Å². The van der Waals surface area contributed by atoms with Crippen LogP contribution in [0.15, 0.2) is 72.8 Å². The molecule has 7 heteroatoms. The average molecular weight is 518 g/mol. The van der Waals surface area contributed by atoms with Crippen molar-refractivity contribution in [3.8, 4) is 11.5 Å². The van der Waals surface area contributed by atoms with Gasteiger partial charge in [0.1, 0.15) is 6.61 Å². The van der Waals surface area contributed by atoms with Gasteiger partial charge in [0, 0.05) is 38.4 Å². The van der Waals surface area contributed by atoms with Gasteiger partial charge in [0.2, 0.25) is 0 Å². The molecule has 0 bridgehead atoms. The summed E-state index contributed by atoms with van der Waals surface area (Å²) in [5.41, 5.74) is 4.12. The van der Waals surface area contributed by atoms with Gasteiger partial charge >= 0.3 is 6.03 Å². The van der Waals surface area contributed by atoms with E-state index in [4.69, 9.17) is 14.2 Å². The molecule has 1 N–H and O–H groups in total. The Morgan fingerprint density at radius 1 is 0.947 bits per heavy atom. The molecule has 0 atom stereocenters. The summed E-state index contributed by atoms with van der Waals surface area (Å²) in [6.07, 6.45) is 1.85. The zero-order valence-corrected chi connectivity index (χ0v) is 22.5. The summed E-state index contributed by atoms with van der Waals surface area (Å²) in [5.74, 6) is 1.33. The highest BCUT2D eigenvalue weighted by Gasteiger charge is 2.17. The van der Waals surface area contributed by atoms with Gasteiger partial charge in [-0.05, 0) is 53.8 Å². The highest BCUT2D eigenvalue weighted by atomic mass is 16.5. The van der Waals surface area contributed by atoms with Crippen molar-refractivity contribution < 1.29 is 19.0 Å². The van der Waals surface area contributed by atoms with E-state index in [2.05, 4.69) is 29.3 Å². The Morgan fingerprint density at radius 2 is 1.68 bits per heavy atom. The zero-order valence-electron chi connectivity index (χ0n) is 22.5. The van der Waals surface area contributed by atoms with Crippen LogP contribution in [0.3, 0.4) is 0 Å². The molecule has 2 amide bonds. The van der Waals surface area contributed by atoms with Gasteiger partial charge in [0.25, 0.3) is 0 Å². The first-order chi connectivity index (χ1) is 18.6. The molecule has 0 radical (unpaired) electrons. The second-order valence-electron chi connectivity index (χ2n) is 9.47. The van der Waals surface area contributed by atoms with Crippen molar-refractivity contribution in [2.24, 2.45) is 0 Å². The lowest BCUT2D eigenvalue weighted by atomic mass is 10.1. The number of anilines is 1. The van der Waals surface area contributed by atoms with Gasteiger partial charge in [-0.15, -0.1) is 0 Å². The van der Waals surface area contributed by atoms with Crippen molar-refractivity contribution in [1.29, 1.82) is 0 Å². The van der Waals surface area contributed by atoms with Gasteiger partial charge in [0.05, 0.1) is 20.3 Å². The Hall–Kier alpha value is -3.55. The molecule has 0 aliphatic carbocycles. The van der Waals surface area contributed by atoms with Gasteiger partial charge in [-0.2, -0.15) is 0 Å². The first-order valence-corrected chi connectivity index (χ1v) is 13.4. The first-order valence-electron chi connectivity index (χ1n) is 13.4. The number of nitrogens with zero attached hydrogens (tertiary/aromatic N) is 2. The smallest absolute Gasteiger partial charge is 0.322 e. The van der Waals surface area contributed by atoms with Crippen LogP contribution in [0.1, 0.15) is 30.0 Å². The van der Waals surface area contributed by atoms with E-state index < -0.39 is 0 Å². The van der Waals surface area contributed by atoms with E-state index in [0.29, 0.717) is 31.2 Å². The molecular weight excluding hydrogens is 478 g/mol. The number of carbonyl (C=O) groups is 1. The Balaban J connectivity index is 1.42. The van der Waals surface area contributed by atoms with Gasteiger partial charge in [-0.3, -0.25) is 4.90 Å². The van der Waals surface area contributed by atoms with Gasteiger partial charge < -0.3 is 24.4 Å². The Labute approximate surface area is 226 Å². The average Bonchev–Trinajstić information content (AvgIpc) is 2.97. The summed E-state index contributed by atoms with van der Waals surface area (Å²) in [6.45, 7) is 8.07. The number of methoxy groups -OCH3 is 1. The molecule has 1 heterocycles. The predicted octanol–water partition coefficient (Wildman–Crippen LogP) is 5.59. The second kappa shape index (κ2) is 14.4. The highest BCUT2D eigenvalue weighted by Crippen LogP contribution is 2.29. The number of morpholine rings is 1. The third-order valence-corrected chi connectivity index (χ3v) is 6.75. The molecule has 1 aliphatic heterocycles. The molecule has 0 spiro atoms. The van der Waals surface area contributed by atoms with E-state index in [0.717, 1.165) is 62.5 Å². The lowest BCUT2D eigenvalue weighted by Gasteiger charge is -2.28. The van der Waals surface area contributed by atoms with Crippen LogP contribution in [0.4, 0.5) is 10.5 Å². The number of carbonyl (C=O) groups excluding carboxylic acids is 1. The molecule has 3 aromatic carbocycles. The normalized spacial score (nSPS) is 13.6. The van der Waals surface area contributed by atoms with E-state index >= 15 is 0 Å². The second-order valence-corrected chi connectivity index (χ2v) is 9.47. The minimum atomic E-state index is -0.111. The van der Waals surface area contributed by atoms with Crippen LogP contribution in [0.5, 0.6) is 11.5 Å². The maximum Gasteiger partial charge on any atom is 0.322 e. The Morgan fingerprint density at radius 3 is 2.39 bits per heavy atom. The fourth-order valence-electron chi connectivity index (χ4n) is 4.47. The molecule has 1 saturated heterocycles. The Bertz CT molecular complexity index is 1130. The maximum atomic E-state index is 13.4. The molecule has 1 aliphatic rings. The number of nitrogens with one attached hydrogen (secondary N) is 1. The fourth-order valence-corrected chi connectivity index (χ4v) is 4.47. The third-order valence-electron chi connectivity index (χ3n) is 6.75. The minimum absolute atomic E-state index is 0.111. The van der Waals surface area contributed by atoms with Crippen molar-refractivity contribution in [2.45, 2.75) is 32.9 Å². The van der Waals surface area contributed by atoms with Crippen LogP contribution in [0.2, 0.25) is 0 Å². The lowest BCUT2D eigenvalue weighted by Crippen LogP contribution is -2.40. The van der Waals surface area contributed by atoms with Gasteiger partial charge in [0.15, 0.2) is 11.5 Å². The molecule has 1 fully saturated rings. The SMILES string of the molecule is CCc1ccc(NC(=O)N(CCCN2CCOCC2)Cc2ccc(OCc3ccccc3)c(OC)c2)cc1. The van der Waals surface area contributed by atoms with Crippen molar-refractivity contribution in [2.75, 3.05) is 51.8 Å². The van der Waals surface area contributed by atoms with Gasteiger partial charge in [-0.1, -0.05) is 55.5 Å². The van der Waals surface area contributed by atoms with Crippen molar-refractivity contribution in [3.05, 3.63) is 89.5 Å². The van der Waals surface area contributed by atoms with Crippen LogP contribution < -0.4 is 14.8 Å². The molecule has 38 heavy (non-hydrogen) atoms. The van der Waals surface area contributed by atoms with Gasteiger partial charge in [-0.25, -0.2) is 4.79 Å². The molecule has 7 nitrogen and oxygen atoms in total. The quantitative estimate of drug-likeness (QED) is 0.339. The van der Waals surface area contributed by atoms with Crippen molar-refractivity contribution in [1.82, 2.24) is 9.80 Å². The van der Waals surface area contributed by atoms with Crippen LogP contribution in [-0.2, 0) is 24.3 Å². The number of hydrogen-bond acceptors (Lipinski definition) is 5. The number of hydrogen-bond donors (Lipinski definition) is 1. The summed E-state index contributed by atoms with van der Waals surface area (Å²) in [5, 5.41) is 3.08. The standard InChI is InChI=1S/C31H39N3O4/c1-3-25-10-13-28(14-11-25)32-31(35)34(17-7-16-33-18-20-37-21-19-33)23-27-12-15-29(30(22-27)36-2)38-24-26-8-5-4-6-9-26/h4-6,8-15,22H,3,7,16-21,23-24H2,1-2H3,(H,32,35). The van der Waals surface area contributed by atoms with Crippen LogP contribution >= 0.6 is 0 Å². The summed E-state index contributed by atoms with van der Waals surface area (Å²) in [4.78, 5) is 17.6.